The van der Waals surface area contributed by atoms with Crippen LogP contribution in [0.4, 0.5) is 0 Å². The number of rotatable bonds is 6. The maximum absolute atomic E-state index is 12.3. The molecule has 6 nitrogen and oxygen atoms in total. The van der Waals surface area contributed by atoms with Gasteiger partial charge in [-0.15, -0.1) is 0 Å². The van der Waals surface area contributed by atoms with Crippen molar-refractivity contribution in [2.45, 2.75) is 64.4 Å². The molecule has 2 fully saturated rings. The van der Waals surface area contributed by atoms with Crippen LogP contribution < -0.4 is 0 Å². The third kappa shape index (κ3) is 3.02. The molecular formula is C17H32NO5+. The van der Waals surface area contributed by atoms with Gasteiger partial charge in [0.15, 0.2) is 5.60 Å². The second-order valence-corrected chi connectivity index (χ2v) is 7.63. The number of esters is 1. The van der Waals surface area contributed by atoms with Gasteiger partial charge in [-0.25, -0.2) is 4.79 Å². The average Bonchev–Trinajstić information content (AvgIpc) is 3.02. The van der Waals surface area contributed by atoms with Crippen molar-refractivity contribution in [3.8, 4) is 0 Å². The third-order valence-electron chi connectivity index (χ3n) is 6.23. The molecule has 2 rings (SSSR count). The first-order valence-electron chi connectivity index (χ1n) is 8.80. The topological polar surface area (TPSA) is 87.0 Å². The zero-order valence-electron chi connectivity index (χ0n) is 14.7. The van der Waals surface area contributed by atoms with E-state index in [2.05, 4.69) is 6.92 Å². The quantitative estimate of drug-likeness (QED) is 0.481. The Hall–Kier alpha value is -0.690. The Balaban J connectivity index is 2.02. The Morgan fingerprint density at radius 3 is 2.43 bits per heavy atom. The summed E-state index contributed by atoms with van der Waals surface area (Å²) in [6.45, 7) is 10.1. The van der Waals surface area contributed by atoms with Gasteiger partial charge in [0.1, 0.15) is 18.8 Å². The predicted octanol–water partition coefficient (Wildman–Crippen LogP) is 0.287. The third-order valence-corrected chi connectivity index (χ3v) is 6.23. The highest BCUT2D eigenvalue weighted by atomic mass is 16.6. The van der Waals surface area contributed by atoms with E-state index in [1.807, 2.05) is 0 Å². The molecule has 2 saturated heterocycles. The van der Waals surface area contributed by atoms with Crippen LogP contribution in [0.5, 0.6) is 0 Å². The van der Waals surface area contributed by atoms with Crippen molar-refractivity contribution in [2.75, 3.05) is 26.2 Å². The smallest absolute Gasteiger partial charge is 0.341 e. The maximum Gasteiger partial charge on any atom is 0.341 e. The summed E-state index contributed by atoms with van der Waals surface area (Å²) >= 11 is 0. The lowest BCUT2D eigenvalue weighted by Gasteiger charge is -2.36. The number of fused-ring (bicyclic) bond motifs is 1. The number of likely N-dealkylation sites (N-methyl/N-ethyl adjacent to an activating group) is 1. The van der Waals surface area contributed by atoms with Crippen LogP contribution in [0.3, 0.4) is 0 Å². The molecule has 2 aliphatic heterocycles. The van der Waals surface area contributed by atoms with Crippen molar-refractivity contribution in [2.24, 2.45) is 11.8 Å². The van der Waals surface area contributed by atoms with E-state index in [4.69, 9.17) is 4.74 Å². The van der Waals surface area contributed by atoms with E-state index in [0.29, 0.717) is 0 Å². The number of nitrogens with zero attached hydrogens (tertiary/aromatic N) is 1. The number of aliphatic hydroxyl groups excluding tert-OH is 2. The van der Waals surface area contributed by atoms with E-state index in [1.54, 1.807) is 13.8 Å². The summed E-state index contributed by atoms with van der Waals surface area (Å²) in [4.78, 5) is 12.3. The molecule has 0 aliphatic carbocycles. The number of aliphatic hydroxyl groups is 3. The average molecular weight is 330 g/mol. The summed E-state index contributed by atoms with van der Waals surface area (Å²) in [6, 6.07) is 0.117. The van der Waals surface area contributed by atoms with E-state index in [-0.39, 0.29) is 24.7 Å². The van der Waals surface area contributed by atoms with Crippen molar-refractivity contribution >= 4 is 5.97 Å². The van der Waals surface area contributed by atoms with Crippen LogP contribution >= 0.6 is 0 Å². The van der Waals surface area contributed by atoms with Gasteiger partial charge in [0.2, 0.25) is 0 Å². The number of ether oxygens (including phenoxy) is 1. The molecule has 6 heteroatoms. The molecule has 134 valence electrons. The van der Waals surface area contributed by atoms with Crippen molar-refractivity contribution in [1.29, 1.82) is 0 Å². The van der Waals surface area contributed by atoms with Gasteiger partial charge in [-0.3, -0.25) is 0 Å². The minimum Gasteiger partial charge on any atom is -0.463 e. The minimum atomic E-state index is -1.89. The molecule has 0 radical (unpaired) electrons. The van der Waals surface area contributed by atoms with E-state index in [0.717, 1.165) is 37.0 Å². The lowest BCUT2D eigenvalue weighted by atomic mass is 9.85. The highest BCUT2D eigenvalue weighted by molar-refractivity contribution is 5.80. The molecule has 6 atom stereocenters. The van der Waals surface area contributed by atoms with Crippen molar-refractivity contribution in [3.05, 3.63) is 0 Å². The van der Waals surface area contributed by atoms with Crippen LogP contribution in [0.25, 0.3) is 0 Å². The van der Waals surface area contributed by atoms with Crippen LogP contribution in [0, 0.1) is 11.8 Å². The molecule has 6 unspecified atom stereocenters. The molecular weight excluding hydrogens is 298 g/mol. The van der Waals surface area contributed by atoms with Gasteiger partial charge in [-0.05, 0) is 19.8 Å². The summed E-state index contributed by atoms with van der Waals surface area (Å²) in [7, 11) is 0. The van der Waals surface area contributed by atoms with E-state index in [1.165, 1.54) is 6.92 Å². The Labute approximate surface area is 138 Å². The van der Waals surface area contributed by atoms with Gasteiger partial charge >= 0.3 is 5.97 Å². The van der Waals surface area contributed by atoms with Crippen LogP contribution in [-0.2, 0) is 9.53 Å². The number of quaternary nitrogens is 1. The van der Waals surface area contributed by atoms with Gasteiger partial charge in [-0.1, -0.05) is 13.8 Å². The Morgan fingerprint density at radius 2 is 1.91 bits per heavy atom. The standard InChI is InChI=1S/C17H32NO5/c1-5-18-8-6-13(15(18)14(20)7-9-18)10-23-16(21)17(22,11(2)3)12(4)19/h11-15,19-20,22H,5-10H2,1-4H3/q+1. The SMILES string of the molecule is CC[N+]12CCC(O)C1C(COC(=O)C(O)(C(C)C)C(C)O)CC2. The predicted molar refractivity (Wildman–Crippen MR) is 85.5 cm³/mol. The monoisotopic (exact) mass is 330 g/mol. The summed E-state index contributed by atoms with van der Waals surface area (Å²) < 4.78 is 6.30. The fourth-order valence-corrected chi connectivity index (χ4v) is 4.59. The normalized spacial score (nSPS) is 37.5. The summed E-state index contributed by atoms with van der Waals surface area (Å²) in [5.74, 6) is -1.10. The van der Waals surface area contributed by atoms with Crippen molar-refractivity contribution in [1.82, 2.24) is 0 Å². The van der Waals surface area contributed by atoms with Crippen LogP contribution in [0.1, 0.15) is 40.5 Å². The molecule has 0 amide bonds. The van der Waals surface area contributed by atoms with Gasteiger partial charge in [0.25, 0.3) is 0 Å². The minimum absolute atomic E-state index is 0.113. The van der Waals surface area contributed by atoms with Crippen molar-refractivity contribution < 1.29 is 29.3 Å². The van der Waals surface area contributed by atoms with E-state index in [9.17, 15) is 20.1 Å². The molecule has 0 aromatic carbocycles. The molecule has 0 spiro atoms. The summed E-state index contributed by atoms with van der Waals surface area (Å²) in [5.41, 5.74) is -1.89. The van der Waals surface area contributed by atoms with Gasteiger partial charge in [-0.2, -0.15) is 0 Å². The van der Waals surface area contributed by atoms with Gasteiger partial charge in [0, 0.05) is 12.8 Å². The summed E-state index contributed by atoms with van der Waals surface area (Å²) in [6.07, 6.45) is 0.174. The molecule has 0 aromatic heterocycles. The highest BCUT2D eigenvalue weighted by Gasteiger charge is 2.56. The number of hydrogen-bond acceptors (Lipinski definition) is 5. The molecule has 0 bridgehead atoms. The zero-order chi connectivity index (χ0) is 17.4. The Kier molecular flexibility index (Phi) is 5.41. The Morgan fingerprint density at radius 1 is 1.30 bits per heavy atom. The largest absolute Gasteiger partial charge is 0.463 e. The number of carbonyl (C=O) groups excluding carboxylic acids is 1. The molecule has 2 aliphatic rings. The maximum atomic E-state index is 12.3. The first kappa shape index (κ1) is 18.6. The molecule has 0 saturated carbocycles. The first-order valence-corrected chi connectivity index (χ1v) is 8.80. The molecule has 0 aromatic rings. The summed E-state index contributed by atoms with van der Waals surface area (Å²) in [5, 5.41) is 30.6. The number of hydrogen-bond donors (Lipinski definition) is 3. The van der Waals surface area contributed by atoms with Crippen LogP contribution in [0.15, 0.2) is 0 Å². The number of carbonyl (C=O) groups is 1. The van der Waals surface area contributed by atoms with Crippen LogP contribution in [-0.4, -0.2) is 75.9 Å². The first-order chi connectivity index (χ1) is 10.7. The van der Waals surface area contributed by atoms with Crippen LogP contribution in [0.2, 0.25) is 0 Å². The van der Waals surface area contributed by atoms with E-state index >= 15 is 0 Å². The zero-order valence-corrected chi connectivity index (χ0v) is 14.7. The fraction of sp³-hybridized carbons (Fsp3) is 0.941. The van der Waals surface area contributed by atoms with Gasteiger partial charge < -0.3 is 24.5 Å². The molecule has 3 N–H and O–H groups in total. The lowest BCUT2D eigenvalue weighted by molar-refractivity contribution is -0.928. The second-order valence-electron chi connectivity index (χ2n) is 7.63. The molecule has 2 heterocycles. The van der Waals surface area contributed by atoms with E-state index < -0.39 is 23.6 Å². The highest BCUT2D eigenvalue weighted by Crippen LogP contribution is 2.40. The van der Waals surface area contributed by atoms with Gasteiger partial charge in [0.05, 0.1) is 31.7 Å². The second kappa shape index (κ2) is 6.67. The lowest BCUT2D eigenvalue weighted by Crippen LogP contribution is -2.54. The fourth-order valence-electron chi connectivity index (χ4n) is 4.59. The Bertz CT molecular complexity index is 431. The molecule has 23 heavy (non-hydrogen) atoms. The van der Waals surface area contributed by atoms with Crippen molar-refractivity contribution in [3.63, 3.8) is 0 Å².